The van der Waals surface area contributed by atoms with Crippen LogP contribution < -0.4 is 5.32 Å². The zero-order valence-electron chi connectivity index (χ0n) is 13.1. The van der Waals surface area contributed by atoms with Crippen LogP contribution in [0.4, 0.5) is 5.69 Å². The largest absolute Gasteiger partial charge is 0.381 e. The average molecular weight is 338 g/mol. The van der Waals surface area contributed by atoms with E-state index in [-0.39, 0.29) is 0 Å². The van der Waals surface area contributed by atoms with Crippen LogP contribution in [0.5, 0.6) is 0 Å². The molecule has 0 aliphatic rings. The molecule has 0 unspecified atom stereocenters. The molecule has 0 spiro atoms. The molecule has 0 fully saturated rings. The number of rotatable bonds is 4. The number of anilines is 1. The van der Waals surface area contributed by atoms with Crippen molar-refractivity contribution in [1.29, 1.82) is 0 Å². The van der Waals surface area contributed by atoms with Crippen LogP contribution in [0.25, 0.3) is 16.9 Å². The molecular formula is C18H16ClN5. The van der Waals surface area contributed by atoms with Gasteiger partial charge in [-0.25, -0.2) is 4.98 Å². The third kappa shape index (κ3) is 2.86. The third-order valence-electron chi connectivity index (χ3n) is 3.88. The van der Waals surface area contributed by atoms with Gasteiger partial charge in [0.05, 0.1) is 5.69 Å². The molecule has 3 heterocycles. The van der Waals surface area contributed by atoms with Gasteiger partial charge in [-0.05, 0) is 24.3 Å². The van der Waals surface area contributed by atoms with Gasteiger partial charge >= 0.3 is 0 Å². The van der Waals surface area contributed by atoms with Gasteiger partial charge in [0.2, 0.25) is 0 Å². The number of aromatic nitrogens is 4. The highest BCUT2D eigenvalue weighted by Crippen LogP contribution is 2.22. The number of halogens is 1. The van der Waals surface area contributed by atoms with Crippen LogP contribution in [0.15, 0.2) is 61.1 Å². The van der Waals surface area contributed by atoms with Gasteiger partial charge in [-0.3, -0.25) is 4.68 Å². The van der Waals surface area contributed by atoms with Crippen LogP contribution in [-0.4, -0.2) is 19.2 Å². The highest BCUT2D eigenvalue weighted by molar-refractivity contribution is 6.30. The average Bonchev–Trinajstić information content (AvgIpc) is 3.16. The lowest BCUT2D eigenvalue weighted by atomic mass is 10.1. The number of aryl methyl sites for hydroxylation is 1. The Morgan fingerprint density at radius 2 is 1.92 bits per heavy atom. The molecule has 5 nitrogen and oxygen atoms in total. The Morgan fingerprint density at radius 1 is 1.08 bits per heavy atom. The molecule has 0 bridgehead atoms. The monoisotopic (exact) mass is 337 g/mol. The minimum absolute atomic E-state index is 0.534. The van der Waals surface area contributed by atoms with Gasteiger partial charge < -0.3 is 9.72 Å². The van der Waals surface area contributed by atoms with E-state index in [0.29, 0.717) is 11.7 Å². The first-order valence-corrected chi connectivity index (χ1v) is 8.03. The van der Waals surface area contributed by atoms with E-state index in [1.807, 2.05) is 60.4 Å². The molecule has 0 aliphatic carbocycles. The summed E-state index contributed by atoms with van der Waals surface area (Å²) in [6.07, 6.45) is 5.95. The van der Waals surface area contributed by atoms with E-state index in [2.05, 4.69) is 27.5 Å². The number of hydrogen-bond acceptors (Lipinski definition) is 3. The second-order valence-corrected chi connectivity index (χ2v) is 6.00. The molecule has 3 aromatic heterocycles. The van der Waals surface area contributed by atoms with Crippen LogP contribution in [0.3, 0.4) is 0 Å². The zero-order chi connectivity index (χ0) is 16.5. The number of pyridine rings is 1. The van der Waals surface area contributed by atoms with E-state index in [1.54, 1.807) is 4.68 Å². The van der Waals surface area contributed by atoms with Crippen molar-refractivity contribution in [3.8, 4) is 11.3 Å². The summed E-state index contributed by atoms with van der Waals surface area (Å²) in [5.41, 5.74) is 5.00. The number of hydrogen-bond donors (Lipinski definition) is 1. The predicted octanol–water partition coefficient (Wildman–Crippen LogP) is 4.00. The smallest absolute Gasteiger partial charge is 0.156 e. The summed E-state index contributed by atoms with van der Waals surface area (Å²) in [4.78, 5) is 4.63. The number of nitrogens with zero attached hydrogens (tertiary/aromatic N) is 4. The third-order valence-corrected chi connectivity index (χ3v) is 4.20. The van der Waals surface area contributed by atoms with E-state index in [1.165, 1.54) is 0 Å². The van der Waals surface area contributed by atoms with Crippen LogP contribution in [-0.2, 0) is 13.6 Å². The van der Waals surface area contributed by atoms with Crippen molar-refractivity contribution < 1.29 is 0 Å². The number of benzene rings is 1. The van der Waals surface area contributed by atoms with Gasteiger partial charge in [0.1, 0.15) is 5.65 Å². The molecule has 0 radical (unpaired) electrons. The summed E-state index contributed by atoms with van der Waals surface area (Å²) in [7, 11) is 1.86. The van der Waals surface area contributed by atoms with Crippen molar-refractivity contribution in [3.63, 3.8) is 0 Å². The van der Waals surface area contributed by atoms with E-state index < -0.39 is 0 Å². The first-order chi connectivity index (χ1) is 11.7. The summed E-state index contributed by atoms with van der Waals surface area (Å²) in [5.74, 6) is 0. The lowest BCUT2D eigenvalue weighted by Crippen LogP contribution is -1.98. The number of imidazole rings is 1. The first-order valence-electron chi connectivity index (χ1n) is 7.65. The van der Waals surface area contributed by atoms with Crippen molar-refractivity contribution in [2.45, 2.75) is 6.54 Å². The Bertz CT molecular complexity index is 951. The second kappa shape index (κ2) is 6.02. The molecule has 0 saturated carbocycles. The molecule has 4 aromatic rings. The minimum atomic E-state index is 0.534. The Hall–Kier alpha value is -2.79. The normalized spacial score (nSPS) is 11.1. The summed E-state index contributed by atoms with van der Waals surface area (Å²) in [6, 6.07) is 14.2. The molecule has 0 saturated heterocycles. The fraction of sp³-hybridized carbons (Fsp3) is 0.111. The molecule has 0 atom stereocenters. The fourth-order valence-electron chi connectivity index (χ4n) is 2.66. The standard InChI is InChI=1S/C18H16ClN5/c1-23-11-14(18(19)22-23)10-20-15-7-5-13(6-8-15)16-12-24-9-3-2-4-17(24)21-16/h2-9,11-12,20H,10H2,1H3. The van der Waals surface area contributed by atoms with Gasteiger partial charge in [-0.2, -0.15) is 5.10 Å². The van der Waals surface area contributed by atoms with Crippen molar-refractivity contribution in [1.82, 2.24) is 19.2 Å². The lowest BCUT2D eigenvalue weighted by molar-refractivity contribution is 0.767. The number of fused-ring (bicyclic) bond motifs is 1. The highest BCUT2D eigenvalue weighted by atomic mass is 35.5. The van der Waals surface area contributed by atoms with Gasteiger partial charge in [0.15, 0.2) is 5.15 Å². The Kier molecular flexibility index (Phi) is 3.70. The van der Waals surface area contributed by atoms with Crippen LogP contribution in [0, 0.1) is 0 Å². The Labute approximate surface area is 144 Å². The number of nitrogens with one attached hydrogen (secondary N) is 1. The maximum atomic E-state index is 6.07. The SMILES string of the molecule is Cn1cc(CNc2ccc(-c3cn4ccccc4n3)cc2)c(Cl)n1. The maximum absolute atomic E-state index is 6.07. The molecule has 1 N–H and O–H groups in total. The van der Waals surface area contributed by atoms with E-state index >= 15 is 0 Å². The molecule has 6 heteroatoms. The van der Waals surface area contributed by atoms with E-state index in [4.69, 9.17) is 11.6 Å². The summed E-state index contributed by atoms with van der Waals surface area (Å²) >= 11 is 6.07. The highest BCUT2D eigenvalue weighted by Gasteiger charge is 2.06. The van der Waals surface area contributed by atoms with Crippen molar-refractivity contribution in [3.05, 3.63) is 71.8 Å². The van der Waals surface area contributed by atoms with Crippen LogP contribution in [0.2, 0.25) is 5.15 Å². The molecule has 4 rings (SSSR count). The van der Waals surface area contributed by atoms with Crippen molar-refractivity contribution in [2.75, 3.05) is 5.32 Å². The first kappa shape index (κ1) is 14.8. The second-order valence-electron chi connectivity index (χ2n) is 5.64. The van der Waals surface area contributed by atoms with Crippen LogP contribution in [0.1, 0.15) is 5.56 Å². The van der Waals surface area contributed by atoms with E-state index in [0.717, 1.165) is 28.2 Å². The molecule has 24 heavy (non-hydrogen) atoms. The van der Waals surface area contributed by atoms with Gasteiger partial charge in [0.25, 0.3) is 0 Å². The Balaban J connectivity index is 1.51. The quantitative estimate of drug-likeness (QED) is 0.612. The van der Waals surface area contributed by atoms with Gasteiger partial charge in [-0.15, -0.1) is 0 Å². The molecule has 1 aromatic carbocycles. The van der Waals surface area contributed by atoms with Gasteiger partial charge in [0, 0.05) is 49.0 Å². The van der Waals surface area contributed by atoms with Crippen LogP contribution >= 0.6 is 11.6 Å². The Morgan fingerprint density at radius 3 is 2.62 bits per heavy atom. The maximum Gasteiger partial charge on any atom is 0.156 e. The molecule has 0 aliphatic heterocycles. The molecule has 120 valence electrons. The van der Waals surface area contributed by atoms with Crippen molar-refractivity contribution in [2.24, 2.45) is 7.05 Å². The fourth-order valence-corrected chi connectivity index (χ4v) is 2.89. The minimum Gasteiger partial charge on any atom is -0.381 e. The predicted molar refractivity (Wildman–Crippen MR) is 96.2 cm³/mol. The topological polar surface area (TPSA) is 47.2 Å². The zero-order valence-corrected chi connectivity index (χ0v) is 13.9. The molecular weight excluding hydrogens is 322 g/mol. The lowest BCUT2D eigenvalue weighted by Gasteiger charge is -2.06. The molecule has 0 amide bonds. The van der Waals surface area contributed by atoms with E-state index in [9.17, 15) is 0 Å². The van der Waals surface area contributed by atoms with Crippen molar-refractivity contribution >= 4 is 22.9 Å². The summed E-state index contributed by atoms with van der Waals surface area (Å²) < 4.78 is 3.73. The summed E-state index contributed by atoms with van der Waals surface area (Å²) in [6.45, 7) is 0.639. The summed E-state index contributed by atoms with van der Waals surface area (Å²) in [5, 5.41) is 8.02. The van der Waals surface area contributed by atoms with Gasteiger partial charge in [-0.1, -0.05) is 29.8 Å².